The molecule has 0 saturated heterocycles. The minimum absolute atomic E-state index is 0. The number of para-hydroxylation sites is 1. The molecular formula is C16H15ClN2. The fraction of sp³-hybridized carbons (Fsp3) is 0.0625. The van der Waals surface area contributed by atoms with E-state index in [2.05, 4.69) is 42.2 Å². The van der Waals surface area contributed by atoms with Gasteiger partial charge in [0.15, 0.2) is 0 Å². The number of hydrogen-bond donors (Lipinski definition) is 1. The Bertz CT molecular complexity index is 709. The highest BCUT2D eigenvalue weighted by Gasteiger charge is 2.07. The lowest BCUT2D eigenvalue weighted by Crippen LogP contribution is -1.96. The van der Waals surface area contributed by atoms with E-state index in [1.807, 2.05) is 24.3 Å². The van der Waals surface area contributed by atoms with Crippen LogP contribution >= 0.6 is 12.4 Å². The number of nitrogens with zero attached hydrogens (tertiary/aromatic N) is 1. The molecule has 0 aliphatic carbocycles. The average Bonchev–Trinajstić information content (AvgIpc) is 2.40. The van der Waals surface area contributed by atoms with Gasteiger partial charge in [0.05, 0.1) is 5.52 Å². The van der Waals surface area contributed by atoms with Gasteiger partial charge in [0, 0.05) is 10.9 Å². The molecule has 0 atom stereocenters. The lowest BCUT2D eigenvalue weighted by Gasteiger charge is -2.08. The van der Waals surface area contributed by atoms with Gasteiger partial charge in [0.2, 0.25) is 0 Å². The molecule has 1 heterocycles. The van der Waals surface area contributed by atoms with E-state index in [1.54, 1.807) is 0 Å². The smallest absolute Gasteiger partial charge is 0.132 e. The van der Waals surface area contributed by atoms with E-state index < -0.39 is 0 Å². The zero-order valence-electron chi connectivity index (χ0n) is 10.6. The first kappa shape index (κ1) is 13.4. The van der Waals surface area contributed by atoms with Crippen LogP contribution in [0.3, 0.4) is 0 Å². The van der Waals surface area contributed by atoms with Crippen LogP contribution in [0.5, 0.6) is 0 Å². The lowest BCUT2D eigenvalue weighted by molar-refractivity contribution is 1.37. The van der Waals surface area contributed by atoms with Gasteiger partial charge < -0.3 is 5.73 Å². The number of halogens is 1. The molecule has 2 N–H and O–H groups in total. The van der Waals surface area contributed by atoms with Crippen LogP contribution in [-0.4, -0.2) is 4.98 Å². The topological polar surface area (TPSA) is 38.9 Å². The van der Waals surface area contributed by atoms with Crippen molar-refractivity contribution in [2.45, 2.75) is 6.92 Å². The summed E-state index contributed by atoms with van der Waals surface area (Å²) in [5.41, 5.74) is 10.3. The Morgan fingerprint density at radius 1 is 0.947 bits per heavy atom. The maximum absolute atomic E-state index is 6.08. The van der Waals surface area contributed by atoms with E-state index in [4.69, 9.17) is 5.73 Å². The van der Waals surface area contributed by atoms with Crippen LogP contribution in [0, 0.1) is 6.92 Å². The van der Waals surface area contributed by atoms with Crippen molar-refractivity contribution in [3.05, 3.63) is 60.2 Å². The van der Waals surface area contributed by atoms with Crippen LogP contribution in [0.15, 0.2) is 54.6 Å². The Kier molecular flexibility index (Phi) is 3.72. The number of nitrogens with two attached hydrogens (primary N) is 1. The van der Waals surface area contributed by atoms with Gasteiger partial charge in [-0.05, 0) is 24.1 Å². The molecule has 0 fully saturated rings. The highest BCUT2D eigenvalue weighted by molar-refractivity contribution is 5.90. The van der Waals surface area contributed by atoms with Crippen molar-refractivity contribution in [3.63, 3.8) is 0 Å². The summed E-state index contributed by atoms with van der Waals surface area (Å²) in [6.07, 6.45) is 0. The lowest BCUT2D eigenvalue weighted by atomic mass is 10.0. The summed E-state index contributed by atoms with van der Waals surface area (Å²) in [5.74, 6) is 0.586. The molecule has 3 aromatic rings. The molecule has 0 spiro atoms. The Morgan fingerprint density at radius 2 is 1.68 bits per heavy atom. The molecule has 0 saturated carbocycles. The number of aryl methyl sites for hydroxylation is 1. The fourth-order valence-corrected chi connectivity index (χ4v) is 2.21. The quantitative estimate of drug-likeness (QED) is 0.719. The van der Waals surface area contributed by atoms with Crippen LogP contribution in [0.4, 0.5) is 5.82 Å². The van der Waals surface area contributed by atoms with Gasteiger partial charge in [-0.3, -0.25) is 0 Å². The number of fused-ring (bicyclic) bond motifs is 1. The molecule has 3 rings (SSSR count). The summed E-state index contributed by atoms with van der Waals surface area (Å²) in [7, 11) is 0. The van der Waals surface area contributed by atoms with Crippen molar-refractivity contribution in [2.24, 2.45) is 0 Å². The Morgan fingerprint density at radius 3 is 2.42 bits per heavy atom. The van der Waals surface area contributed by atoms with Gasteiger partial charge in [-0.1, -0.05) is 48.5 Å². The van der Waals surface area contributed by atoms with Crippen molar-refractivity contribution in [1.82, 2.24) is 4.98 Å². The molecule has 0 aliphatic rings. The van der Waals surface area contributed by atoms with Gasteiger partial charge in [0.25, 0.3) is 0 Å². The fourth-order valence-electron chi connectivity index (χ4n) is 2.21. The maximum atomic E-state index is 6.08. The SMILES string of the molecule is Cc1cccc2cc(-c3ccccc3)c(N)nc12.Cl. The monoisotopic (exact) mass is 270 g/mol. The first-order valence-corrected chi connectivity index (χ1v) is 5.97. The summed E-state index contributed by atoms with van der Waals surface area (Å²) >= 11 is 0. The number of pyridine rings is 1. The van der Waals surface area contributed by atoms with Crippen molar-refractivity contribution >= 4 is 29.1 Å². The Hall–Kier alpha value is -2.06. The molecule has 0 bridgehead atoms. The summed E-state index contributed by atoms with van der Waals surface area (Å²) in [6.45, 7) is 2.05. The largest absolute Gasteiger partial charge is 0.383 e. The van der Waals surface area contributed by atoms with Crippen molar-refractivity contribution in [2.75, 3.05) is 5.73 Å². The first-order chi connectivity index (χ1) is 8.75. The zero-order valence-corrected chi connectivity index (χ0v) is 11.4. The average molecular weight is 271 g/mol. The number of anilines is 1. The van der Waals surface area contributed by atoms with Crippen LogP contribution < -0.4 is 5.73 Å². The second kappa shape index (κ2) is 5.29. The second-order valence-corrected chi connectivity index (χ2v) is 4.43. The summed E-state index contributed by atoms with van der Waals surface area (Å²) in [5, 5.41) is 1.13. The third-order valence-electron chi connectivity index (χ3n) is 3.16. The van der Waals surface area contributed by atoms with Gasteiger partial charge in [-0.2, -0.15) is 0 Å². The van der Waals surface area contributed by atoms with Crippen molar-refractivity contribution in [1.29, 1.82) is 0 Å². The van der Waals surface area contributed by atoms with E-state index >= 15 is 0 Å². The van der Waals surface area contributed by atoms with Crippen molar-refractivity contribution in [3.8, 4) is 11.1 Å². The molecule has 1 aromatic heterocycles. The number of nitrogen functional groups attached to an aromatic ring is 1. The Labute approximate surface area is 118 Å². The van der Waals surface area contributed by atoms with E-state index in [1.165, 1.54) is 0 Å². The molecular weight excluding hydrogens is 256 g/mol. The number of hydrogen-bond acceptors (Lipinski definition) is 2. The summed E-state index contributed by atoms with van der Waals surface area (Å²) in [4.78, 5) is 4.53. The number of aromatic nitrogens is 1. The first-order valence-electron chi connectivity index (χ1n) is 5.97. The standard InChI is InChI=1S/C16H14N2.ClH/c1-11-6-5-9-13-10-14(16(17)18-15(11)13)12-7-3-2-4-8-12;/h2-10H,1H3,(H2,17,18);1H. The summed E-state index contributed by atoms with van der Waals surface area (Å²) < 4.78 is 0. The van der Waals surface area contributed by atoms with Crippen LogP contribution in [0.1, 0.15) is 5.56 Å². The molecule has 2 aromatic carbocycles. The van der Waals surface area contributed by atoms with Gasteiger partial charge >= 0.3 is 0 Å². The minimum atomic E-state index is 0. The molecule has 96 valence electrons. The maximum Gasteiger partial charge on any atom is 0.132 e. The molecule has 19 heavy (non-hydrogen) atoms. The van der Waals surface area contributed by atoms with Gasteiger partial charge in [-0.15, -0.1) is 12.4 Å². The van der Waals surface area contributed by atoms with E-state index in [0.717, 1.165) is 27.6 Å². The van der Waals surface area contributed by atoms with E-state index in [-0.39, 0.29) is 12.4 Å². The van der Waals surface area contributed by atoms with Gasteiger partial charge in [-0.25, -0.2) is 4.98 Å². The summed E-state index contributed by atoms with van der Waals surface area (Å²) in [6, 6.07) is 18.4. The number of benzene rings is 2. The third kappa shape index (κ3) is 2.40. The predicted molar refractivity (Wildman–Crippen MR) is 83.6 cm³/mol. The second-order valence-electron chi connectivity index (χ2n) is 4.43. The molecule has 0 amide bonds. The van der Waals surface area contributed by atoms with Crippen molar-refractivity contribution < 1.29 is 0 Å². The van der Waals surface area contributed by atoms with E-state index in [0.29, 0.717) is 5.82 Å². The number of rotatable bonds is 1. The minimum Gasteiger partial charge on any atom is -0.383 e. The highest BCUT2D eigenvalue weighted by atomic mass is 35.5. The third-order valence-corrected chi connectivity index (χ3v) is 3.16. The normalized spacial score (nSPS) is 10.2. The van der Waals surface area contributed by atoms with Crippen LogP contribution in [-0.2, 0) is 0 Å². The Balaban J connectivity index is 0.00000133. The highest BCUT2D eigenvalue weighted by Crippen LogP contribution is 2.28. The predicted octanol–water partition coefficient (Wildman–Crippen LogP) is 4.21. The molecule has 0 radical (unpaired) electrons. The van der Waals surface area contributed by atoms with E-state index in [9.17, 15) is 0 Å². The zero-order chi connectivity index (χ0) is 12.5. The molecule has 0 unspecified atom stereocenters. The molecule has 3 heteroatoms. The molecule has 0 aliphatic heterocycles. The van der Waals surface area contributed by atoms with Crippen LogP contribution in [0.25, 0.3) is 22.0 Å². The van der Waals surface area contributed by atoms with Crippen LogP contribution in [0.2, 0.25) is 0 Å². The molecule has 2 nitrogen and oxygen atoms in total. The van der Waals surface area contributed by atoms with Gasteiger partial charge in [0.1, 0.15) is 5.82 Å².